The highest BCUT2D eigenvalue weighted by Crippen LogP contribution is 2.35. The number of anilines is 1. The maximum absolute atomic E-state index is 11.4. The summed E-state index contributed by atoms with van der Waals surface area (Å²) >= 11 is 0. The first-order valence-electron chi connectivity index (χ1n) is 6.47. The van der Waals surface area contributed by atoms with Gasteiger partial charge in [-0.2, -0.15) is 0 Å². The number of hydrogen-bond donors (Lipinski definition) is 1. The number of rotatable bonds is 3. The fourth-order valence-corrected chi connectivity index (χ4v) is 2.53. The zero-order chi connectivity index (χ0) is 14.2. The van der Waals surface area contributed by atoms with Gasteiger partial charge in [0, 0.05) is 12.8 Å². The molecule has 1 aromatic carbocycles. The Balaban J connectivity index is 2.10. The number of nitrogens with one attached hydrogen (secondary N) is 1. The summed E-state index contributed by atoms with van der Waals surface area (Å²) in [7, 11) is 0. The van der Waals surface area contributed by atoms with E-state index in [2.05, 4.69) is 10.3 Å². The highest BCUT2D eigenvalue weighted by Gasteiger charge is 2.32. The lowest BCUT2D eigenvalue weighted by atomic mass is 10.0. The number of nitrogens with zero attached hydrogens (tertiary/aromatic N) is 2. The minimum Gasteiger partial charge on any atom is -0.379 e. The summed E-state index contributed by atoms with van der Waals surface area (Å²) in [5, 5.41) is 15.2. The van der Waals surface area contributed by atoms with Gasteiger partial charge in [0.15, 0.2) is 0 Å². The van der Waals surface area contributed by atoms with Gasteiger partial charge in [-0.3, -0.25) is 15.1 Å². The molecule has 0 saturated carbocycles. The van der Waals surface area contributed by atoms with Gasteiger partial charge >= 0.3 is 5.69 Å². The molecule has 6 heteroatoms. The third kappa shape index (κ3) is 2.18. The van der Waals surface area contributed by atoms with Crippen LogP contribution in [0.2, 0.25) is 0 Å². The van der Waals surface area contributed by atoms with Crippen molar-refractivity contribution in [3.63, 3.8) is 0 Å². The number of nitro benzene ring substituents is 1. The fourth-order valence-electron chi connectivity index (χ4n) is 2.53. The molecule has 3 rings (SSSR count). The summed E-state index contributed by atoms with van der Waals surface area (Å²) in [6.07, 6.45) is 2.46. The standard InChI is InChI=1S/C14H15N3O3/c1-14(6-8-20-9-14)16-12-5-4-11-10(3-2-7-15-11)13(12)17(18)19/h2-5,7,16H,6,8-9H2,1H3. The van der Waals surface area contributed by atoms with E-state index in [0.29, 0.717) is 29.8 Å². The smallest absolute Gasteiger partial charge is 0.301 e. The Labute approximate surface area is 115 Å². The molecule has 2 heterocycles. The number of hydrogen-bond acceptors (Lipinski definition) is 5. The Bertz CT molecular complexity index is 666. The third-order valence-corrected chi connectivity index (χ3v) is 3.59. The van der Waals surface area contributed by atoms with Crippen molar-refractivity contribution in [1.29, 1.82) is 0 Å². The average molecular weight is 273 g/mol. The van der Waals surface area contributed by atoms with Crippen molar-refractivity contribution >= 4 is 22.3 Å². The summed E-state index contributed by atoms with van der Waals surface area (Å²) in [5.74, 6) is 0. The zero-order valence-electron chi connectivity index (χ0n) is 11.1. The first kappa shape index (κ1) is 12.8. The van der Waals surface area contributed by atoms with Crippen LogP contribution in [-0.4, -0.2) is 28.7 Å². The van der Waals surface area contributed by atoms with Crippen molar-refractivity contribution in [2.75, 3.05) is 18.5 Å². The molecule has 1 saturated heterocycles. The molecule has 2 aromatic rings. The second-order valence-corrected chi connectivity index (χ2v) is 5.28. The normalized spacial score (nSPS) is 22.1. The van der Waals surface area contributed by atoms with E-state index in [-0.39, 0.29) is 16.1 Å². The predicted molar refractivity (Wildman–Crippen MR) is 75.9 cm³/mol. The predicted octanol–water partition coefficient (Wildman–Crippen LogP) is 2.73. The van der Waals surface area contributed by atoms with Crippen LogP contribution in [-0.2, 0) is 4.74 Å². The van der Waals surface area contributed by atoms with Crippen LogP contribution in [0, 0.1) is 10.1 Å². The minimum atomic E-state index is -0.356. The van der Waals surface area contributed by atoms with Crippen LogP contribution in [0.25, 0.3) is 10.9 Å². The fraction of sp³-hybridized carbons (Fsp3) is 0.357. The number of ether oxygens (including phenoxy) is 1. The molecule has 1 N–H and O–H groups in total. The Hall–Kier alpha value is -2.21. The third-order valence-electron chi connectivity index (χ3n) is 3.59. The summed E-state index contributed by atoms with van der Waals surface area (Å²) < 4.78 is 5.38. The van der Waals surface area contributed by atoms with Crippen molar-refractivity contribution in [2.24, 2.45) is 0 Å². The van der Waals surface area contributed by atoms with Crippen LogP contribution in [0.15, 0.2) is 30.5 Å². The molecule has 1 aliphatic heterocycles. The van der Waals surface area contributed by atoms with Gasteiger partial charge in [-0.25, -0.2) is 0 Å². The lowest BCUT2D eigenvalue weighted by Gasteiger charge is -2.24. The molecule has 0 radical (unpaired) electrons. The topological polar surface area (TPSA) is 77.3 Å². The van der Waals surface area contributed by atoms with Crippen LogP contribution < -0.4 is 5.32 Å². The van der Waals surface area contributed by atoms with E-state index in [1.807, 2.05) is 6.92 Å². The van der Waals surface area contributed by atoms with Gasteiger partial charge in [0.1, 0.15) is 5.69 Å². The van der Waals surface area contributed by atoms with Gasteiger partial charge < -0.3 is 10.1 Å². The number of pyridine rings is 1. The van der Waals surface area contributed by atoms with Gasteiger partial charge in [-0.05, 0) is 37.6 Å². The lowest BCUT2D eigenvalue weighted by Crippen LogP contribution is -2.35. The molecule has 0 aliphatic carbocycles. The number of benzene rings is 1. The van der Waals surface area contributed by atoms with Gasteiger partial charge in [0.25, 0.3) is 0 Å². The first-order valence-corrected chi connectivity index (χ1v) is 6.47. The van der Waals surface area contributed by atoms with Gasteiger partial charge in [0.2, 0.25) is 0 Å². The lowest BCUT2D eigenvalue weighted by molar-refractivity contribution is -0.382. The summed E-state index contributed by atoms with van der Waals surface area (Å²) in [4.78, 5) is 15.2. The van der Waals surface area contributed by atoms with E-state index >= 15 is 0 Å². The number of nitro groups is 1. The molecule has 0 spiro atoms. The summed E-state index contributed by atoms with van der Waals surface area (Å²) in [6, 6.07) is 6.94. The quantitative estimate of drug-likeness (QED) is 0.687. The second kappa shape index (κ2) is 4.72. The monoisotopic (exact) mass is 273 g/mol. The maximum Gasteiger partial charge on any atom is 0.301 e. The first-order chi connectivity index (χ1) is 9.59. The zero-order valence-corrected chi connectivity index (χ0v) is 11.1. The van der Waals surface area contributed by atoms with Gasteiger partial charge in [0.05, 0.1) is 28.0 Å². The molecule has 0 amide bonds. The molecule has 20 heavy (non-hydrogen) atoms. The van der Waals surface area contributed by atoms with E-state index in [1.165, 1.54) is 0 Å². The Kier molecular flexibility index (Phi) is 3.02. The van der Waals surface area contributed by atoms with E-state index in [1.54, 1.807) is 30.5 Å². The summed E-state index contributed by atoms with van der Waals surface area (Å²) in [6.45, 7) is 3.23. The molecule has 1 atom stereocenters. The molecular formula is C14H15N3O3. The molecule has 1 aliphatic rings. The minimum absolute atomic E-state index is 0.0729. The second-order valence-electron chi connectivity index (χ2n) is 5.28. The molecule has 6 nitrogen and oxygen atoms in total. The van der Waals surface area contributed by atoms with Gasteiger partial charge in [-0.1, -0.05) is 0 Å². The Morgan fingerprint density at radius 3 is 3.00 bits per heavy atom. The molecule has 0 bridgehead atoms. The molecule has 1 aromatic heterocycles. The van der Waals surface area contributed by atoms with E-state index < -0.39 is 0 Å². The van der Waals surface area contributed by atoms with E-state index in [4.69, 9.17) is 4.74 Å². The van der Waals surface area contributed by atoms with E-state index in [0.717, 1.165) is 6.42 Å². The van der Waals surface area contributed by atoms with Crippen LogP contribution >= 0.6 is 0 Å². The highest BCUT2D eigenvalue weighted by molar-refractivity contribution is 5.94. The van der Waals surface area contributed by atoms with Crippen LogP contribution in [0.1, 0.15) is 13.3 Å². The highest BCUT2D eigenvalue weighted by atomic mass is 16.6. The molecule has 104 valence electrons. The van der Waals surface area contributed by atoms with Crippen molar-refractivity contribution in [1.82, 2.24) is 4.98 Å². The van der Waals surface area contributed by atoms with Crippen molar-refractivity contribution < 1.29 is 9.66 Å². The van der Waals surface area contributed by atoms with Gasteiger partial charge in [-0.15, -0.1) is 0 Å². The largest absolute Gasteiger partial charge is 0.379 e. The number of aromatic nitrogens is 1. The van der Waals surface area contributed by atoms with Crippen LogP contribution in [0.5, 0.6) is 0 Å². The van der Waals surface area contributed by atoms with Crippen molar-refractivity contribution in [3.8, 4) is 0 Å². The molecule has 1 unspecified atom stereocenters. The van der Waals surface area contributed by atoms with Crippen LogP contribution in [0.4, 0.5) is 11.4 Å². The van der Waals surface area contributed by atoms with Crippen molar-refractivity contribution in [2.45, 2.75) is 18.9 Å². The summed E-state index contributed by atoms with van der Waals surface area (Å²) in [5.41, 5.74) is 0.950. The maximum atomic E-state index is 11.4. The SMILES string of the molecule is CC1(Nc2ccc3ncccc3c2[N+](=O)[O-])CCOC1. The van der Waals surface area contributed by atoms with Crippen LogP contribution in [0.3, 0.4) is 0 Å². The van der Waals surface area contributed by atoms with E-state index in [9.17, 15) is 10.1 Å². The Morgan fingerprint density at radius 2 is 2.30 bits per heavy atom. The molecular weight excluding hydrogens is 258 g/mol. The molecule has 1 fully saturated rings. The van der Waals surface area contributed by atoms with Crippen molar-refractivity contribution in [3.05, 3.63) is 40.6 Å². The number of fused-ring (bicyclic) bond motifs is 1. The Morgan fingerprint density at radius 1 is 1.45 bits per heavy atom. The average Bonchev–Trinajstić information content (AvgIpc) is 2.84.